The van der Waals surface area contributed by atoms with Crippen molar-refractivity contribution >= 4 is 41.1 Å². The van der Waals surface area contributed by atoms with Gasteiger partial charge in [-0.1, -0.05) is 0 Å². The molecule has 0 amide bonds. The molecule has 0 bridgehead atoms. The van der Waals surface area contributed by atoms with Crippen LogP contribution in [0.4, 0.5) is 0 Å². The molecule has 2 aromatic rings. The molecule has 0 heterocycles. The predicted molar refractivity (Wildman–Crippen MR) is 73.2 cm³/mol. The summed E-state index contributed by atoms with van der Waals surface area (Å²) in [7, 11) is 13.1. The van der Waals surface area contributed by atoms with Gasteiger partial charge in [-0.2, -0.15) is 0 Å². The zero-order valence-corrected chi connectivity index (χ0v) is 12.9. The van der Waals surface area contributed by atoms with Crippen molar-refractivity contribution in [3.05, 3.63) is 60.7 Å². The molecule has 0 aromatic heterocycles. The second-order valence-electron chi connectivity index (χ2n) is 3.31. The van der Waals surface area contributed by atoms with Gasteiger partial charge in [0.2, 0.25) is 0 Å². The first-order chi connectivity index (χ1) is 7.21. The van der Waals surface area contributed by atoms with E-state index in [0.29, 0.717) is 0 Å². The van der Waals surface area contributed by atoms with Gasteiger partial charge in [0.1, 0.15) is 0 Å². The molecule has 0 aliphatic rings. The summed E-state index contributed by atoms with van der Waals surface area (Å²) in [4.78, 5) is 0. The Morgan fingerprint density at radius 3 is 1.25 bits per heavy atom. The molecule has 0 fully saturated rings. The maximum absolute atomic E-state index is 6.56. The zero-order valence-electron chi connectivity index (χ0n) is 8.53. The van der Waals surface area contributed by atoms with Gasteiger partial charge in [0.15, 0.2) is 0 Å². The Morgan fingerprint density at radius 1 is 0.625 bits per heavy atom. The van der Waals surface area contributed by atoms with Gasteiger partial charge < -0.3 is 5.48 Å². The summed E-state index contributed by atoms with van der Waals surface area (Å²) in [6, 6.07) is 19.9. The van der Waals surface area contributed by atoms with Crippen LogP contribution in [0.25, 0.3) is 0 Å². The fraction of sp³-hybridized carbons (Fsp3) is 0. The van der Waals surface area contributed by atoms with Crippen LogP contribution in [-0.4, -0.2) is 21.6 Å². The van der Waals surface area contributed by atoms with E-state index in [0.717, 1.165) is 7.16 Å². The van der Waals surface area contributed by atoms with Crippen molar-refractivity contribution in [1.82, 2.24) is 0 Å². The first-order valence-corrected chi connectivity index (χ1v) is 14.8. The van der Waals surface area contributed by atoms with Crippen molar-refractivity contribution < 1.29 is 5.48 Å². The summed E-state index contributed by atoms with van der Waals surface area (Å²) in [6.45, 7) is 0. The molecular weight excluding hydrogens is 350 g/mol. The summed E-state index contributed by atoms with van der Waals surface area (Å²) >= 11 is -3.30. The molecule has 2 aromatic carbocycles. The van der Waals surface area contributed by atoms with E-state index in [1.165, 1.54) is 0 Å². The van der Waals surface area contributed by atoms with Gasteiger partial charge >= 0.3 is 102 Å². The normalized spacial score (nSPS) is 10.6. The Balaban J connectivity index is 0.00000128. The molecule has 0 aliphatic carbocycles. The van der Waals surface area contributed by atoms with E-state index in [9.17, 15) is 0 Å². The van der Waals surface area contributed by atoms with Crippen LogP contribution in [0.5, 0.6) is 0 Å². The molecule has 0 radical (unpaired) electrons. The third-order valence-corrected chi connectivity index (χ3v) is 14.2. The topological polar surface area (TPSA) is 31.5 Å². The maximum atomic E-state index is 6.56. The average Bonchev–Trinajstić information content (AvgIpc) is 2.31. The van der Waals surface area contributed by atoms with Crippen LogP contribution in [0.3, 0.4) is 0 Å². The van der Waals surface area contributed by atoms with Crippen molar-refractivity contribution in [3.63, 3.8) is 0 Å². The molecule has 4 heteroatoms. The molecule has 84 valence electrons. The van der Waals surface area contributed by atoms with Gasteiger partial charge in [-0.25, -0.2) is 0 Å². The predicted octanol–water partition coefficient (Wildman–Crippen LogP) is 1.90. The molecule has 0 unspecified atom stereocenters. The molecule has 0 saturated heterocycles. The van der Waals surface area contributed by atoms with E-state index in [4.69, 9.17) is 17.8 Å². The van der Waals surface area contributed by atoms with Crippen molar-refractivity contribution in [2.45, 2.75) is 0 Å². The first kappa shape index (κ1) is 13.8. The minimum absolute atomic E-state index is 0. The number of benzene rings is 2. The molecule has 0 aliphatic heterocycles. The third kappa shape index (κ3) is 2.92. The van der Waals surface area contributed by atoms with Crippen LogP contribution in [0, 0.1) is 0 Å². The standard InChI is InChI=1S/2C6H5.2ClH.H2O.Sn/c2*1-2-4-6-5-3-1;;;;/h2*1-5H;2*1H;1H2;/q;;;;;+2/p-2. The summed E-state index contributed by atoms with van der Waals surface area (Å²) < 4.78 is 2.20. The first-order valence-electron chi connectivity index (χ1n) is 4.70. The summed E-state index contributed by atoms with van der Waals surface area (Å²) in [5.74, 6) is 0. The van der Waals surface area contributed by atoms with Crippen molar-refractivity contribution in [2.75, 3.05) is 0 Å². The number of hydrogen-bond acceptors (Lipinski definition) is 0. The Labute approximate surface area is 107 Å². The summed E-state index contributed by atoms with van der Waals surface area (Å²) in [5.41, 5.74) is 0. The van der Waals surface area contributed by atoms with Gasteiger partial charge in [0.25, 0.3) is 0 Å². The second kappa shape index (κ2) is 5.92. The molecular formula is C12H12Cl2OSn. The molecule has 0 saturated carbocycles. The second-order valence-corrected chi connectivity index (χ2v) is 18.8. The van der Waals surface area contributed by atoms with E-state index in [2.05, 4.69) is 0 Å². The fourth-order valence-corrected chi connectivity index (χ4v) is 9.28. The van der Waals surface area contributed by atoms with Gasteiger partial charge in [-0.05, 0) is 0 Å². The van der Waals surface area contributed by atoms with Crippen LogP contribution < -0.4 is 7.16 Å². The van der Waals surface area contributed by atoms with Crippen LogP contribution >= 0.6 is 17.8 Å². The van der Waals surface area contributed by atoms with Crippen molar-refractivity contribution in [3.8, 4) is 0 Å². The van der Waals surface area contributed by atoms with Crippen molar-refractivity contribution in [1.29, 1.82) is 0 Å². The monoisotopic (exact) mass is 362 g/mol. The van der Waals surface area contributed by atoms with Crippen LogP contribution in [0.1, 0.15) is 0 Å². The molecule has 0 spiro atoms. The molecule has 2 N–H and O–H groups in total. The SMILES string of the molecule is O.[Cl][Sn]([Cl])([c]1ccccc1)[c]1ccccc1. The quantitative estimate of drug-likeness (QED) is 0.732. The van der Waals surface area contributed by atoms with Gasteiger partial charge in [-0.3, -0.25) is 0 Å². The fourth-order valence-electron chi connectivity index (χ4n) is 1.46. The number of hydrogen-bond donors (Lipinski definition) is 0. The number of rotatable bonds is 2. The van der Waals surface area contributed by atoms with E-state index >= 15 is 0 Å². The van der Waals surface area contributed by atoms with Crippen molar-refractivity contribution in [2.24, 2.45) is 0 Å². The van der Waals surface area contributed by atoms with Gasteiger partial charge in [0, 0.05) is 0 Å². The Kier molecular flexibility index (Phi) is 5.12. The van der Waals surface area contributed by atoms with E-state index in [1.54, 1.807) is 0 Å². The Morgan fingerprint density at radius 2 is 0.938 bits per heavy atom. The third-order valence-electron chi connectivity index (χ3n) is 2.27. The molecule has 1 nitrogen and oxygen atoms in total. The molecule has 0 atom stereocenters. The number of halogens is 2. The van der Waals surface area contributed by atoms with E-state index in [-0.39, 0.29) is 5.48 Å². The Hall–Kier alpha value is -0.221. The van der Waals surface area contributed by atoms with Gasteiger partial charge in [0.05, 0.1) is 0 Å². The van der Waals surface area contributed by atoms with E-state index < -0.39 is 16.1 Å². The van der Waals surface area contributed by atoms with Crippen LogP contribution in [0.2, 0.25) is 0 Å². The van der Waals surface area contributed by atoms with E-state index in [1.807, 2.05) is 60.7 Å². The Bertz CT molecular complexity index is 390. The summed E-state index contributed by atoms with van der Waals surface area (Å²) in [6.07, 6.45) is 0. The van der Waals surface area contributed by atoms with Crippen LogP contribution in [-0.2, 0) is 0 Å². The zero-order chi connectivity index (χ0) is 10.7. The molecule has 2 rings (SSSR count). The summed E-state index contributed by atoms with van der Waals surface area (Å²) in [5, 5.41) is 0. The molecule has 16 heavy (non-hydrogen) atoms. The average molecular weight is 362 g/mol. The minimum atomic E-state index is -3.30. The van der Waals surface area contributed by atoms with Crippen LogP contribution in [0.15, 0.2) is 60.7 Å². The van der Waals surface area contributed by atoms with Gasteiger partial charge in [-0.15, -0.1) is 0 Å².